The lowest BCUT2D eigenvalue weighted by Gasteiger charge is -2.03. The summed E-state index contributed by atoms with van der Waals surface area (Å²) in [6.07, 6.45) is 6.38. The average molecular weight is 245 g/mol. The Labute approximate surface area is 106 Å². The van der Waals surface area contributed by atoms with Crippen molar-refractivity contribution < 1.29 is 4.39 Å². The fourth-order valence-electron chi connectivity index (χ4n) is 1.93. The van der Waals surface area contributed by atoms with Crippen LogP contribution in [0.25, 0.3) is 0 Å². The predicted molar refractivity (Wildman–Crippen MR) is 67.6 cm³/mol. The summed E-state index contributed by atoms with van der Waals surface area (Å²) >= 11 is 0. The van der Waals surface area contributed by atoms with Gasteiger partial charge in [0.1, 0.15) is 5.82 Å². The molecule has 1 saturated carbocycles. The first-order valence-electron chi connectivity index (χ1n) is 6.29. The van der Waals surface area contributed by atoms with Crippen molar-refractivity contribution in [3.8, 4) is 0 Å². The van der Waals surface area contributed by atoms with Gasteiger partial charge >= 0.3 is 0 Å². The van der Waals surface area contributed by atoms with Crippen LogP contribution in [0, 0.1) is 5.82 Å². The smallest absolute Gasteiger partial charge is 0.128 e. The first-order chi connectivity index (χ1) is 8.81. The van der Waals surface area contributed by atoms with E-state index in [1.807, 2.05) is 18.5 Å². The van der Waals surface area contributed by atoms with E-state index in [0.29, 0.717) is 18.2 Å². The van der Waals surface area contributed by atoms with Crippen molar-refractivity contribution in [2.45, 2.75) is 32.0 Å². The molecular formula is C14H16FN3. The van der Waals surface area contributed by atoms with E-state index in [1.165, 1.54) is 18.9 Å². The van der Waals surface area contributed by atoms with Crippen LogP contribution in [0.15, 0.2) is 36.7 Å². The first kappa shape index (κ1) is 11.4. The summed E-state index contributed by atoms with van der Waals surface area (Å²) in [5, 5.41) is 7.69. The van der Waals surface area contributed by atoms with Gasteiger partial charge in [-0.1, -0.05) is 18.2 Å². The van der Waals surface area contributed by atoms with E-state index in [4.69, 9.17) is 0 Å². The molecule has 4 heteroatoms. The summed E-state index contributed by atoms with van der Waals surface area (Å²) < 4.78 is 15.3. The van der Waals surface area contributed by atoms with E-state index in [2.05, 4.69) is 10.4 Å². The molecule has 3 nitrogen and oxygen atoms in total. The molecular weight excluding hydrogens is 229 g/mol. The Balaban J connectivity index is 1.63. The van der Waals surface area contributed by atoms with Gasteiger partial charge in [-0.3, -0.25) is 4.68 Å². The van der Waals surface area contributed by atoms with Gasteiger partial charge in [-0.15, -0.1) is 0 Å². The van der Waals surface area contributed by atoms with Crippen molar-refractivity contribution in [3.63, 3.8) is 0 Å². The van der Waals surface area contributed by atoms with Crippen molar-refractivity contribution in [3.05, 3.63) is 53.6 Å². The Kier molecular flexibility index (Phi) is 3.11. The highest BCUT2D eigenvalue weighted by molar-refractivity contribution is 5.18. The topological polar surface area (TPSA) is 29.9 Å². The second kappa shape index (κ2) is 4.90. The molecule has 18 heavy (non-hydrogen) atoms. The minimum absolute atomic E-state index is 0.175. The number of nitrogens with zero attached hydrogens (tertiary/aromatic N) is 2. The third-order valence-corrected chi connectivity index (χ3v) is 3.15. The lowest BCUT2D eigenvalue weighted by Crippen LogP contribution is -2.14. The summed E-state index contributed by atoms with van der Waals surface area (Å²) in [7, 11) is 0. The van der Waals surface area contributed by atoms with Crippen LogP contribution in [0.3, 0.4) is 0 Å². The molecule has 0 unspecified atom stereocenters. The predicted octanol–water partition coefficient (Wildman–Crippen LogP) is 2.32. The highest BCUT2D eigenvalue weighted by Crippen LogP contribution is 2.19. The van der Waals surface area contributed by atoms with Crippen LogP contribution in [-0.2, 0) is 13.1 Å². The summed E-state index contributed by atoms with van der Waals surface area (Å²) in [5.41, 5.74) is 1.82. The Morgan fingerprint density at radius 3 is 2.94 bits per heavy atom. The van der Waals surface area contributed by atoms with Crippen molar-refractivity contribution >= 4 is 0 Å². The molecule has 3 rings (SSSR count). The minimum atomic E-state index is -0.175. The number of hydrogen-bond acceptors (Lipinski definition) is 2. The lowest BCUT2D eigenvalue weighted by molar-refractivity contribution is 0.585. The molecule has 1 aromatic carbocycles. The molecule has 0 radical (unpaired) electrons. The highest BCUT2D eigenvalue weighted by atomic mass is 19.1. The Morgan fingerprint density at radius 2 is 2.17 bits per heavy atom. The summed E-state index contributed by atoms with van der Waals surface area (Å²) in [4.78, 5) is 0. The van der Waals surface area contributed by atoms with E-state index in [0.717, 1.165) is 12.1 Å². The fourth-order valence-corrected chi connectivity index (χ4v) is 1.93. The summed E-state index contributed by atoms with van der Waals surface area (Å²) in [6.45, 7) is 1.33. The molecule has 0 atom stereocenters. The number of benzene rings is 1. The molecule has 0 amide bonds. The number of nitrogens with one attached hydrogen (secondary N) is 1. The van der Waals surface area contributed by atoms with Gasteiger partial charge in [0.25, 0.3) is 0 Å². The third kappa shape index (κ3) is 2.76. The minimum Gasteiger partial charge on any atom is -0.310 e. The van der Waals surface area contributed by atoms with E-state index in [1.54, 1.807) is 16.8 Å². The molecule has 0 aliphatic heterocycles. The monoisotopic (exact) mass is 245 g/mol. The van der Waals surface area contributed by atoms with Crippen LogP contribution >= 0.6 is 0 Å². The second-order valence-corrected chi connectivity index (χ2v) is 4.79. The van der Waals surface area contributed by atoms with E-state index >= 15 is 0 Å². The van der Waals surface area contributed by atoms with Crippen molar-refractivity contribution in [2.24, 2.45) is 0 Å². The molecule has 1 aromatic heterocycles. The van der Waals surface area contributed by atoms with Crippen LogP contribution in [0.1, 0.15) is 24.0 Å². The van der Waals surface area contributed by atoms with Gasteiger partial charge in [0.05, 0.1) is 12.7 Å². The SMILES string of the molecule is Fc1ccccc1Cn1cc(CNC2CC2)cn1. The van der Waals surface area contributed by atoms with E-state index in [9.17, 15) is 4.39 Å². The fraction of sp³-hybridized carbons (Fsp3) is 0.357. The maximum atomic E-state index is 13.5. The molecule has 0 spiro atoms. The number of aromatic nitrogens is 2. The van der Waals surface area contributed by atoms with Gasteiger partial charge in [-0.25, -0.2) is 4.39 Å². The van der Waals surface area contributed by atoms with Gasteiger partial charge in [0.2, 0.25) is 0 Å². The van der Waals surface area contributed by atoms with Crippen LogP contribution in [0.5, 0.6) is 0 Å². The molecule has 94 valence electrons. The highest BCUT2D eigenvalue weighted by Gasteiger charge is 2.20. The normalized spacial score (nSPS) is 14.9. The summed E-state index contributed by atoms with van der Waals surface area (Å²) in [6, 6.07) is 7.51. The second-order valence-electron chi connectivity index (χ2n) is 4.79. The number of hydrogen-bond donors (Lipinski definition) is 1. The van der Waals surface area contributed by atoms with Crippen molar-refractivity contribution in [1.82, 2.24) is 15.1 Å². The molecule has 0 saturated heterocycles. The standard InChI is InChI=1S/C14H16FN3/c15-14-4-2-1-3-12(14)10-18-9-11(8-17-18)7-16-13-5-6-13/h1-4,8-9,13,16H,5-7,10H2. The van der Waals surface area contributed by atoms with Gasteiger partial charge in [-0.2, -0.15) is 5.10 Å². The Bertz CT molecular complexity index is 531. The maximum Gasteiger partial charge on any atom is 0.128 e. The maximum absolute atomic E-state index is 13.5. The average Bonchev–Trinajstić information content (AvgIpc) is 3.10. The zero-order valence-corrected chi connectivity index (χ0v) is 10.1. The Hall–Kier alpha value is -1.68. The zero-order chi connectivity index (χ0) is 12.4. The first-order valence-corrected chi connectivity index (χ1v) is 6.29. The molecule has 1 fully saturated rings. The van der Waals surface area contributed by atoms with E-state index < -0.39 is 0 Å². The molecule has 1 heterocycles. The third-order valence-electron chi connectivity index (χ3n) is 3.15. The molecule has 0 bridgehead atoms. The molecule has 1 aliphatic carbocycles. The van der Waals surface area contributed by atoms with Gasteiger partial charge in [-0.05, 0) is 18.9 Å². The lowest BCUT2D eigenvalue weighted by atomic mass is 10.2. The van der Waals surface area contributed by atoms with Crippen molar-refractivity contribution in [2.75, 3.05) is 0 Å². The largest absolute Gasteiger partial charge is 0.310 e. The zero-order valence-electron chi connectivity index (χ0n) is 10.1. The quantitative estimate of drug-likeness (QED) is 0.876. The molecule has 1 aliphatic rings. The van der Waals surface area contributed by atoms with Crippen LogP contribution in [0.2, 0.25) is 0 Å². The van der Waals surface area contributed by atoms with Gasteiger partial charge in [0.15, 0.2) is 0 Å². The van der Waals surface area contributed by atoms with Gasteiger partial charge < -0.3 is 5.32 Å². The van der Waals surface area contributed by atoms with Gasteiger partial charge in [0, 0.05) is 29.9 Å². The number of halogens is 1. The molecule has 2 aromatic rings. The van der Waals surface area contributed by atoms with Crippen LogP contribution in [0.4, 0.5) is 4.39 Å². The van der Waals surface area contributed by atoms with Crippen molar-refractivity contribution in [1.29, 1.82) is 0 Å². The van der Waals surface area contributed by atoms with E-state index in [-0.39, 0.29) is 5.82 Å². The Morgan fingerprint density at radius 1 is 1.33 bits per heavy atom. The van der Waals surface area contributed by atoms with Crippen LogP contribution in [-0.4, -0.2) is 15.8 Å². The van der Waals surface area contributed by atoms with Crippen LogP contribution < -0.4 is 5.32 Å². The summed E-state index contributed by atoms with van der Waals surface area (Å²) in [5.74, 6) is -0.175. The molecule has 1 N–H and O–H groups in total. The number of rotatable bonds is 5.